The van der Waals surface area contributed by atoms with E-state index in [-0.39, 0.29) is 0 Å². The van der Waals surface area contributed by atoms with Gasteiger partial charge in [-0.25, -0.2) is 0 Å². The first-order valence-corrected chi connectivity index (χ1v) is 3.97. The number of rotatable bonds is 2. The molecule has 0 saturated carbocycles. The largest absolute Gasteiger partial charge is 0.478 e. The molecule has 0 amide bonds. The summed E-state index contributed by atoms with van der Waals surface area (Å²) in [7, 11) is 1.69. The summed E-state index contributed by atoms with van der Waals surface area (Å²) in [4.78, 5) is 3.87. The van der Waals surface area contributed by atoms with Crippen LogP contribution in [0.5, 0.6) is 0 Å². The lowest BCUT2D eigenvalue weighted by Gasteiger charge is -2.03. The lowest BCUT2D eigenvalue weighted by Crippen LogP contribution is -2.04. The average molecular weight is 157 g/mol. The summed E-state index contributed by atoms with van der Waals surface area (Å²) >= 11 is 0. The molecule has 0 saturated heterocycles. The second-order valence-electron chi connectivity index (χ2n) is 1.74. The Morgan fingerprint density at radius 1 is 1.45 bits per heavy atom. The highest BCUT2D eigenvalue weighted by Gasteiger charge is 1.95. The molecule has 2 nitrogen and oxygen atoms in total. The van der Waals surface area contributed by atoms with Gasteiger partial charge in [-0.2, -0.15) is 0 Å². The van der Waals surface area contributed by atoms with E-state index in [1.54, 1.807) is 7.05 Å². The molecule has 0 spiro atoms. The summed E-state index contributed by atoms with van der Waals surface area (Å²) in [6, 6.07) is 0. The summed E-state index contributed by atoms with van der Waals surface area (Å²) in [6.45, 7) is 12.1. The molecule has 11 heavy (non-hydrogen) atoms. The summed E-state index contributed by atoms with van der Waals surface area (Å²) in [5.41, 5.74) is 0.874. The van der Waals surface area contributed by atoms with Crippen LogP contribution in [0.1, 0.15) is 27.7 Å². The van der Waals surface area contributed by atoms with Crippen molar-refractivity contribution >= 4 is 5.90 Å². The third-order valence-electron chi connectivity index (χ3n) is 0.849. The predicted octanol–water partition coefficient (Wildman–Crippen LogP) is 2.65. The zero-order valence-electron chi connectivity index (χ0n) is 8.27. The molecule has 0 heterocycles. The second-order valence-corrected chi connectivity index (χ2v) is 1.74. The van der Waals surface area contributed by atoms with Crippen molar-refractivity contribution in [3.63, 3.8) is 0 Å². The molecule has 0 aliphatic carbocycles. The quantitative estimate of drug-likeness (QED) is 0.446. The average Bonchev–Trinajstić information content (AvgIpc) is 2.03. The minimum absolute atomic E-state index is 0.650. The van der Waals surface area contributed by atoms with Gasteiger partial charge in [0.15, 0.2) is 0 Å². The Morgan fingerprint density at radius 2 is 1.91 bits per heavy atom. The maximum Gasteiger partial charge on any atom is 0.210 e. The molecule has 66 valence electrons. The summed E-state index contributed by atoms with van der Waals surface area (Å²) in [6.07, 6.45) is 0. The summed E-state index contributed by atoms with van der Waals surface area (Å²) < 4.78 is 5.10. The topological polar surface area (TPSA) is 21.6 Å². The van der Waals surface area contributed by atoms with E-state index in [1.165, 1.54) is 0 Å². The smallest absolute Gasteiger partial charge is 0.210 e. The molecule has 0 aliphatic heterocycles. The van der Waals surface area contributed by atoms with E-state index in [2.05, 4.69) is 11.6 Å². The van der Waals surface area contributed by atoms with Gasteiger partial charge in [0.25, 0.3) is 0 Å². The maximum absolute atomic E-state index is 5.10. The van der Waals surface area contributed by atoms with E-state index in [9.17, 15) is 0 Å². The Hall–Kier alpha value is -0.790. The Balaban J connectivity index is 0. The number of hydrogen-bond acceptors (Lipinski definition) is 2. The second kappa shape index (κ2) is 9.21. The lowest BCUT2D eigenvalue weighted by molar-refractivity contribution is 0.327. The molecule has 0 aromatic carbocycles. The molecule has 0 unspecified atom stereocenters. The van der Waals surface area contributed by atoms with Crippen LogP contribution in [0.15, 0.2) is 17.1 Å². The Kier molecular flexibility index (Phi) is 10.8. The standard InChI is InChI=1S/C7H13NO.C2H6/c1-5-9-7(8-4)6(2)3;1-2/h2,5H2,1,3-4H3;1-2H3. The van der Waals surface area contributed by atoms with Crippen LogP contribution in [0, 0.1) is 0 Å². The molecular weight excluding hydrogens is 138 g/mol. The van der Waals surface area contributed by atoms with Crippen molar-refractivity contribution in [3.8, 4) is 0 Å². The van der Waals surface area contributed by atoms with Crippen LogP contribution in [0.2, 0.25) is 0 Å². The van der Waals surface area contributed by atoms with Crippen LogP contribution in [-0.2, 0) is 4.74 Å². The number of hydrogen-bond donors (Lipinski definition) is 0. The van der Waals surface area contributed by atoms with Crippen LogP contribution < -0.4 is 0 Å². The van der Waals surface area contributed by atoms with Crippen LogP contribution in [-0.4, -0.2) is 19.6 Å². The van der Waals surface area contributed by atoms with Gasteiger partial charge in [0, 0.05) is 12.6 Å². The van der Waals surface area contributed by atoms with Gasteiger partial charge in [-0.1, -0.05) is 20.4 Å². The van der Waals surface area contributed by atoms with Gasteiger partial charge in [-0.05, 0) is 13.8 Å². The highest BCUT2D eigenvalue weighted by molar-refractivity contribution is 5.92. The number of aliphatic imine (C=N–C) groups is 1. The van der Waals surface area contributed by atoms with E-state index < -0.39 is 0 Å². The minimum Gasteiger partial charge on any atom is -0.478 e. The molecule has 0 aromatic heterocycles. The van der Waals surface area contributed by atoms with Gasteiger partial charge < -0.3 is 4.74 Å². The Bertz CT molecular complexity index is 128. The maximum atomic E-state index is 5.10. The molecule has 0 atom stereocenters. The van der Waals surface area contributed by atoms with E-state index in [0.717, 1.165) is 5.57 Å². The zero-order valence-corrected chi connectivity index (χ0v) is 8.27. The first-order valence-electron chi connectivity index (χ1n) is 3.97. The number of ether oxygens (including phenoxy) is 1. The molecule has 0 aliphatic rings. The fourth-order valence-corrected chi connectivity index (χ4v) is 0.515. The molecule has 0 rings (SSSR count). The molecule has 0 N–H and O–H groups in total. The summed E-state index contributed by atoms with van der Waals surface area (Å²) in [5, 5.41) is 0. The zero-order chi connectivity index (χ0) is 9.28. The van der Waals surface area contributed by atoms with E-state index in [1.807, 2.05) is 27.7 Å². The first-order chi connectivity index (χ1) is 5.22. The van der Waals surface area contributed by atoms with Crippen molar-refractivity contribution in [2.75, 3.05) is 13.7 Å². The van der Waals surface area contributed by atoms with Crippen molar-refractivity contribution in [1.29, 1.82) is 0 Å². The molecule has 0 bridgehead atoms. The molecule has 0 aromatic rings. The SMILES string of the molecule is C=C(C)C(=NC)OCC.CC. The van der Waals surface area contributed by atoms with Crippen molar-refractivity contribution < 1.29 is 4.74 Å². The van der Waals surface area contributed by atoms with Crippen LogP contribution in [0.4, 0.5) is 0 Å². The first kappa shape index (κ1) is 12.8. The number of nitrogens with zero attached hydrogens (tertiary/aromatic N) is 1. The Morgan fingerprint density at radius 3 is 2.00 bits per heavy atom. The minimum atomic E-state index is 0.650. The predicted molar refractivity (Wildman–Crippen MR) is 51.1 cm³/mol. The van der Waals surface area contributed by atoms with Crippen molar-refractivity contribution in [3.05, 3.63) is 12.2 Å². The van der Waals surface area contributed by atoms with Gasteiger partial charge in [-0.3, -0.25) is 4.99 Å². The van der Waals surface area contributed by atoms with E-state index in [0.29, 0.717) is 12.5 Å². The molecule has 0 radical (unpaired) electrons. The van der Waals surface area contributed by atoms with Gasteiger partial charge >= 0.3 is 0 Å². The fourth-order valence-electron chi connectivity index (χ4n) is 0.515. The van der Waals surface area contributed by atoms with Crippen molar-refractivity contribution in [1.82, 2.24) is 0 Å². The van der Waals surface area contributed by atoms with Crippen LogP contribution in [0.25, 0.3) is 0 Å². The summed E-state index contributed by atoms with van der Waals surface area (Å²) in [5.74, 6) is 0.650. The van der Waals surface area contributed by atoms with Crippen molar-refractivity contribution in [2.45, 2.75) is 27.7 Å². The van der Waals surface area contributed by atoms with Gasteiger partial charge in [0.05, 0.1) is 6.61 Å². The lowest BCUT2D eigenvalue weighted by atomic mass is 10.3. The monoisotopic (exact) mass is 157 g/mol. The van der Waals surface area contributed by atoms with Crippen LogP contribution in [0.3, 0.4) is 0 Å². The molecular formula is C9H19NO. The highest BCUT2D eigenvalue weighted by Crippen LogP contribution is 1.93. The van der Waals surface area contributed by atoms with Crippen LogP contribution >= 0.6 is 0 Å². The van der Waals surface area contributed by atoms with Crippen molar-refractivity contribution in [2.24, 2.45) is 4.99 Å². The fraction of sp³-hybridized carbons (Fsp3) is 0.667. The van der Waals surface area contributed by atoms with E-state index >= 15 is 0 Å². The third kappa shape index (κ3) is 7.10. The molecule has 0 fully saturated rings. The highest BCUT2D eigenvalue weighted by atomic mass is 16.5. The normalized spacial score (nSPS) is 9.73. The van der Waals surface area contributed by atoms with Gasteiger partial charge in [0.1, 0.15) is 0 Å². The molecule has 2 heteroatoms. The van der Waals surface area contributed by atoms with Gasteiger partial charge in [-0.15, -0.1) is 0 Å². The van der Waals surface area contributed by atoms with Gasteiger partial charge in [0.2, 0.25) is 5.90 Å². The third-order valence-corrected chi connectivity index (χ3v) is 0.849. The van der Waals surface area contributed by atoms with E-state index in [4.69, 9.17) is 4.74 Å². The Labute approximate surface area is 70.0 Å².